The van der Waals surface area contributed by atoms with Gasteiger partial charge < -0.3 is 10.2 Å². The van der Waals surface area contributed by atoms with E-state index < -0.39 is 5.97 Å². The van der Waals surface area contributed by atoms with Gasteiger partial charge in [0.15, 0.2) is 0 Å². The first-order chi connectivity index (χ1) is 8.45. The second-order valence-corrected chi connectivity index (χ2v) is 4.35. The minimum atomic E-state index is -0.893. The zero-order valence-electron chi connectivity index (χ0n) is 10.8. The fourth-order valence-electron chi connectivity index (χ4n) is 1.90. The molecule has 0 amide bonds. The number of nitrogens with zero attached hydrogens (tertiary/aromatic N) is 1. The van der Waals surface area contributed by atoms with Crippen LogP contribution in [0.1, 0.15) is 24.1 Å². The first-order valence-electron chi connectivity index (χ1n) is 5.82. The molecule has 4 heteroatoms. The molecule has 4 nitrogen and oxygen atoms in total. The number of benzene rings is 1. The molecule has 0 bridgehead atoms. The van der Waals surface area contributed by atoms with Gasteiger partial charge in [-0.15, -0.1) is 6.58 Å². The maximum atomic E-state index is 10.8. The molecular formula is C14H19NO3. The molecule has 0 radical (unpaired) electrons. The fourth-order valence-corrected chi connectivity index (χ4v) is 1.90. The summed E-state index contributed by atoms with van der Waals surface area (Å²) >= 11 is 0. The third-order valence-corrected chi connectivity index (χ3v) is 2.88. The number of phenolic OH excluding ortho intramolecular Hbond substituents is 1. The van der Waals surface area contributed by atoms with E-state index in [1.54, 1.807) is 17.0 Å². The average molecular weight is 249 g/mol. The summed E-state index contributed by atoms with van der Waals surface area (Å²) in [6, 6.07) is 5.14. The Kier molecular flexibility index (Phi) is 4.92. The van der Waals surface area contributed by atoms with Gasteiger partial charge in [0.1, 0.15) is 5.75 Å². The predicted molar refractivity (Wildman–Crippen MR) is 70.7 cm³/mol. The number of hydrogen-bond donors (Lipinski definition) is 2. The third kappa shape index (κ3) is 3.60. The van der Waals surface area contributed by atoms with Crippen LogP contribution < -0.4 is 0 Å². The van der Waals surface area contributed by atoms with Gasteiger partial charge >= 0.3 is 5.97 Å². The molecule has 0 aliphatic heterocycles. The van der Waals surface area contributed by atoms with Gasteiger partial charge in [-0.05, 0) is 19.9 Å². The molecule has 2 N–H and O–H groups in total. The van der Waals surface area contributed by atoms with Crippen LogP contribution in [-0.4, -0.2) is 34.2 Å². The van der Waals surface area contributed by atoms with Crippen molar-refractivity contribution in [2.24, 2.45) is 0 Å². The van der Waals surface area contributed by atoms with E-state index in [2.05, 4.69) is 6.58 Å². The zero-order valence-corrected chi connectivity index (χ0v) is 10.8. The van der Waals surface area contributed by atoms with Crippen LogP contribution in [0.2, 0.25) is 0 Å². The summed E-state index contributed by atoms with van der Waals surface area (Å²) in [6.07, 6.45) is 1.66. The molecule has 0 heterocycles. The number of aryl methyl sites for hydroxylation is 1. The van der Waals surface area contributed by atoms with E-state index in [-0.39, 0.29) is 18.3 Å². The highest BCUT2D eigenvalue weighted by Crippen LogP contribution is 2.29. The van der Waals surface area contributed by atoms with Crippen LogP contribution in [-0.2, 0) is 4.79 Å². The van der Waals surface area contributed by atoms with Crippen LogP contribution in [0.25, 0.3) is 0 Å². The number of phenols is 1. The molecule has 1 rings (SSSR count). The highest BCUT2D eigenvalue weighted by atomic mass is 16.4. The standard InChI is InChI=1S/C14H19NO3/c1-4-7-15(9-14(17)18)11(3)12-8-10(2)5-6-13(12)16/h4-6,8,11,16H,1,7,9H2,2-3H3,(H,17,18). The number of aliphatic carboxylic acids is 1. The molecule has 0 aliphatic carbocycles. The van der Waals surface area contributed by atoms with Crippen LogP contribution in [0.4, 0.5) is 0 Å². The quantitative estimate of drug-likeness (QED) is 0.760. The molecule has 0 saturated carbocycles. The van der Waals surface area contributed by atoms with Crippen molar-refractivity contribution in [1.29, 1.82) is 0 Å². The molecule has 18 heavy (non-hydrogen) atoms. The van der Waals surface area contributed by atoms with Crippen LogP contribution in [0.5, 0.6) is 5.75 Å². The molecule has 1 atom stereocenters. The molecule has 1 aromatic rings. The Balaban J connectivity index is 3.00. The molecule has 1 aromatic carbocycles. The lowest BCUT2D eigenvalue weighted by atomic mass is 10.0. The van der Waals surface area contributed by atoms with Gasteiger partial charge in [-0.3, -0.25) is 9.69 Å². The lowest BCUT2D eigenvalue weighted by Gasteiger charge is -2.27. The predicted octanol–water partition coefficient (Wildman–Crippen LogP) is 2.33. The van der Waals surface area contributed by atoms with Crippen LogP contribution in [0, 0.1) is 6.92 Å². The molecule has 0 spiro atoms. The van der Waals surface area contributed by atoms with Crippen molar-refractivity contribution in [2.45, 2.75) is 19.9 Å². The van der Waals surface area contributed by atoms with Crippen molar-refractivity contribution in [3.63, 3.8) is 0 Å². The van der Waals surface area contributed by atoms with E-state index in [9.17, 15) is 9.90 Å². The monoisotopic (exact) mass is 249 g/mol. The molecule has 0 aliphatic rings. The van der Waals surface area contributed by atoms with Crippen molar-refractivity contribution < 1.29 is 15.0 Å². The van der Waals surface area contributed by atoms with E-state index in [1.807, 2.05) is 26.0 Å². The van der Waals surface area contributed by atoms with Crippen LogP contribution in [0.3, 0.4) is 0 Å². The Labute approximate surface area is 107 Å². The van der Waals surface area contributed by atoms with Crippen molar-refractivity contribution >= 4 is 5.97 Å². The highest BCUT2D eigenvalue weighted by Gasteiger charge is 2.19. The first-order valence-corrected chi connectivity index (χ1v) is 5.82. The second kappa shape index (κ2) is 6.21. The number of carboxylic acids is 1. The van der Waals surface area contributed by atoms with E-state index in [0.717, 1.165) is 11.1 Å². The van der Waals surface area contributed by atoms with Crippen molar-refractivity contribution in [1.82, 2.24) is 4.90 Å². The topological polar surface area (TPSA) is 60.8 Å². The zero-order chi connectivity index (χ0) is 13.7. The Morgan fingerprint density at radius 1 is 1.56 bits per heavy atom. The van der Waals surface area contributed by atoms with E-state index in [0.29, 0.717) is 6.54 Å². The Hall–Kier alpha value is -1.81. The molecular weight excluding hydrogens is 230 g/mol. The summed E-state index contributed by atoms with van der Waals surface area (Å²) in [6.45, 7) is 7.81. The van der Waals surface area contributed by atoms with Gasteiger partial charge in [0, 0.05) is 18.2 Å². The van der Waals surface area contributed by atoms with Gasteiger partial charge in [0.2, 0.25) is 0 Å². The SMILES string of the molecule is C=CCN(CC(=O)O)C(C)c1cc(C)ccc1O. The van der Waals surface area contributed by atoms with Crippen LogP contribution >= 0.6 is 0 Å². The van der Waals surface area contributed by atoms with Gasteiger partial charge in [-0.1, -0.05) is 23.8 Å². The minimum absolute atomic E-state index is 0.0828. The maximum Gasteiger partial charge on any atom is 0.317 e. The van der Waals surface area contributed by atoms with Gasteiger partial charge in [-0.2, -0.15) is 0 Å². The van der Waals surface area contributed by atoms with E-state index in [1.165, 1.54) is 0 Å². The first kappa shape index (κ1) is 14.3. The molecule has 98 valence electrons. The lowest BCUT2D eigenvalue weighted by molar-refractivity contribution is -0.138. The molecule has 0 saturated heterocycles. The largest absolute Gasteiger partial charge is 0.508 e. The van der Waals surface area contributed by atoms with E-state index in [4.69, 9.17) is 5.11 Å². The third-order valence-electron chi connectivity index (χ3n) is 2.88. The molecule has 0 fully saturated rings. The van der Waals surface area contributed by atoms with Crippen molar-refractivity contribution in [3.05, 3.63) is 42.0 Å². The Morgan fingerprint density at radius 2 is 2.22 bits per heavy atom. The normalized spacial score (nSPS) is 12.4. The summed E-state index contributed by atoms with van der Waals surface area (Å²) in [5.74, 6) is -0.705. The number of aromatic hydroxyl groups is 1. The van der Waals surface area contributed by atoms with E-state index >= 15 is 0 Å². The number of hydrogen-bond acceptors (Lipinski definition) is 3. The highest BCUT2D eigenvalue weighted by molar-refractivity contribution is 5.69. The lowest BCUT2D eigenvalue weighted by Crippen LogP contribution is -2.32. The summed E-state index contributed by atoms with van der Waals surface area (Å²) in [5.41, 5.74) is 1.77. The Morgan fingerprint density at radius 3 is 2.78 bits per heavy atom. The average Bonchev–Trinajstić information content (AvgIpc) is 2.30. The van der Waals surface area contributed by atoms with Gasteiger partial charge in [0.25, 0.3) is 0 Å². The van der Waals surface area contributed by atoms with Gasteiger partial charge in [0.05, 0.1) is 6.54 Å². The summed E-state index contributed by atoms with van der Waals surface area (Å²) in [4.78, 5) is 12.6. The fraction of sp³-hybridized carbons (Fsp3) is 0.357. The summed E-state index contributed by atoms with van der Waals surface area (Å²) in [5, 5.41) is 18.7. The molecule has 1 unspecified atom stereocenters. The number of carbonyl (C=O) groups is 1. The summed E-state index contributed by atoms with van der Waals surface area (Å²) < 4.78 is 0. The summed E-state index contributed by atoms with van der Waals surface area (Å²) in [7, 11) is 0. The second-order valence-electron chi connectivity index (χ2n) is 4.35. The van der Waals surface area contributed by atoms with Crippen molar-refractivity contribution in [2.75, 3.05) is 13.1 Å². The number of rotatable bonds is 6. The molecule has 0 aromatic heterocycles. The van der Waals surface area contributed by atoms with Crippen molar-refractivity contribution in [3.8, 4) is 5.75 Å². The van der Waals surface area contributed by atoms with Crippen LogP contribution in [0.15, 0.2) is 30.9 Å². The minimum Gasteiger partial charge on any atom is -0.508 e. The van der Waals surface area contributed by atoms with Gasteiger partial charge in [-0.25, -0.2) is 0 Å². The number of carboxylic acid groups (broad SMARTS) is 1. The smallest absolute Gasteiger partial charge is 0.317 e. The maximum absolute atomic E-state index is 10.8. The Bertz CT molecular complexity index is 443.